The normalized spacial score (nSPS) is 16.6. The van der Waals surface area contributed by atoms with Gasteiger partial charge in [-0.2, -0.15) is 0 Å². The Morgan fingerprint density at radius 3 is 2.59 bits per heavy atom. The molecule has 7 heteroatoms. The van der Waals surface area contributed by atoms with E-state index in [0.29, 0.717) is 31.9 Å². The van der Waals surface area contributed by atoms with Crippen LogP contribution >= 0.6 is 0 Å². The standard InChI is InChI=1S/C20H24N4O3/c1-14(2)27-17-5-3-15(4-6-17)19(25)24-12-16-11-21-20(22-18(16)13-24)23-7-9-26-10-8-23/h3-6,11,14H,7-10,12-13H2,1-2H3. The van der Waals surface area contributed by atoms with Crippen molar-refractivity contribution in [1.29, 1.82) is 0 Å². The molecule has 0 N–H and O–H groups in total. The van der Waals surface area contributed by atoms with Crippen molar-refractivity contribution in [3.8, 4) is 5.75 Å². The molecule has 2 aliphatic rings. The minimum atomic E-state index is -0.00276. The van der Waals surface area contributed by atoms with E-state index in [1.807, 2.05) is 44.3 Å². The smallest absolute Gasteiger partial charge is 0.254 e. The fourth-order valence-corrected chi connectivity index (χ4v) is 3.33. The lowest BCUT2D eigenvalue weighted by molar-refractivity contribution is 0.0750. The number of amides is 1. The Morgan fingerprint density at radius 2 is 1.89 bits per heavy atom. The van der Waals surface area contributed by atoms with Gasteiger partial charge in [0.25, 0.3) is 5.91 Å². The minimum absolute atomic E-state index is 0.00276. The molecule has 1 aromatic heterocycles. The molecule has 2 aromatic rings. The van der Waals surface area contributed by atoms with E-state index in [4.69, 9.17) is 14.5 Å². The van der Waals surface area contributed by atoms with Crippen molar-refractivity contribution in [2.75, 3.05) is 31.2 Å². The number of carbonyl (C=O) groups excluding carboxylic acids is 1. The molecule has 1 aromatic carbocycles. The highest BCUT2D eigenvalue weighted by molar-refractivity contribution is 5.94. The summed E-state index contributed by atoms with van der Waals surface area (Å²) in [5, 5.41) is 0. The first-order valence-corrected chi connectivity index (χ1v) is 9.33. The van der Waals surface area contributed by atoms with Crippen LogP contribution in [0.1, 0.15) is 35.5 Å². The maximum atomic E-state index is 12.8. The number of hydrogen-bond donors (Lipinski definition) is 0. The number of nitrogens with zero attached hydrogens (tertiary/aromatic N) is 4. The van der Waals surface area contributed by atoms with Crippen LogP contribution in [-0.2, 0) is 17.8 Å². The number of rotatable bonds is 4. The van der Waals surface area contributed by atoms with E-state index in [1.54, 1.807) is 4.90 Å². The van der Waals surface area contributed by atoms with Crippen LogP contribution in [0.4, 0.5) is 5.95 Å². The third-order valence-corrected chi connectivity index (χ3v) is 4.70. The van der Waals surface area contributed by atoms with Gasteiger partial charge < -0.3 is 19.3 Å². The number of carbonyl (C=O) groups is 1. The Bertz CT molecular complexity index is 816. The van der Waals surface area contributed by atoms with Crippen LogP contribution in [0.25, 0.3) is 0 Å². The second kappa shape index (κ2) is 7.52. The summed E-state index contributed by atoms with van der Waals surface area (Å²) in [5.41, 5.74) is 2.60. The Kier molecular flexibility index (Phi) is 4.94. The first kappa shape index (κ1) is 17.7. The largest absolute Gasteiger partial charge is 0.491 e. The fraction of sp³-hybridized carbons (Fsp3) is 0.450. The topological polar surface area (TPSA) is 67.8 Å². The summed E-state index contributed by atoms with van der Waals surface area (Å²) in [6, 6.07) is 7.31. The molecule has 1 amide bonds. The third-order valence-electron chi connectivity index (χ3n) is 4.70. The van der Waals surface area contributed by atoms with Crippen LogP contribution in [-0.4, -0.2) is 53.2 Å². The fourth-order valence-electron chi connectivity index (χ4n) is 3.33. The van der Waals surface area contributed by atoms with E-state index in [1.165, 1.54) is 0 Å². The van der Waals surface area contributed by atoms with Gasteiger partial charge in [-0.1, -0.05) is 0 Å². The number of hydrogen-bond acceptors (Lipinski definition) is 6. The highest BCUT2D eigenvalue weighted by atomic mass is 16.5. The summed E-state index contributed by atoms with van der Waals surface area (Å²) in [6.45, 7) is 8.00. The van der Waals surface area contributed by atoms with Crippen LogP contribution in [0.15, 0.2) is 30.5 Å². The summed E-state index contributed by atoms with van der Waals surface area (Å²) >= 11 is 0. The number of aromatic nitrogens is 2. The first-order valence-electron chi connectivity index (χ1n) is 9.33. The second-order valence-electron chi connectivity index (χ2n) is 7.09. The van der Waals surface area contributed by atoms with E-state index >= 15 is 0 Å². The maximum Gasteiger partial charge on any atom is 0.254 e. The average molecular weight is 368 g/mol. The van der Waals surface area contributed by atoms with Crippen molar-refractivity contribution < 1.29 is 14.3 Å². The van der Waals surface area contributed by atoms with Crippen molar-refractivity contribution in [3.63, 3.8) is 0 Å². The van der Waals surface area contributed by atoms with Gasteiger partial charge in [0.05, 0.1) is 31.6 Å². The van der Waals surface area contributed by atoms with Gasteiger partial charge >= 0.3 is 0 Å². The number of ether oxygens (including phenoxy) is 2. The molecule has 27 heavy (non-hydrogen) atoms. The van der Waals surface area contributed by atoms with E-state index in [-0.39, 0.29) is 12.0 Å². The SMILES string of the molecule is CC(C)Oc1ccc(C(=O)N2Cc3cnc(N4CCOCC4)nc3C2)cc1. The van der Waals surface area contributed by atoms with Gasteiger partial charge in [-0.25, -0.2) is 9.97 Å². The molecule has 2 aliphatic heterocycles. The second-order valence-corrected chi connectivity index (χ2v) is 7.09. The molecule has 0 saturated carbocycles. The van der Waals surface area contributed by atoms with Crippen molar-refractivity contribution in [3.05, 3.63) is 47.3 Å². The van der Waals surface area contributed by atoms with Crippen molar-refractivity contribution in [1.82, 2.24) is 14.9 Å². The molecule has 4 rings (SSSR count). The lowest BCUT2D eigenvalue weighted by atomic mass is 10.2. The molecule has 0 spiro atoms. The summed E-state index contributed by atoms with van der Waals surface area (Å²) in [5.74, 6) is 1.49. The molecule has 0 aliphatic carbocycles. The summed E-state index contributed by atoms with van der Waals surface area (Å²) in [4.78, 5) is 26.0. The van der Waals surface area contributed by atoms with Gasteiger partial charge in [-0.15, -0.1) is 0 Å². The quantitative estimate of drug-likeness (QED) is 0.825. The van der Waals surface area contributed by atoms with Gasteiger partial charge in [0.15, 0.2) is 0 Å². The van der Waals surface area contributed by atoms with Gasteiger partial charge in [0.1, 0.15) is 5.75 Å². The number of morpholine rings is 1. The predicted octanol–water partition coefficient (Wildman–Crippen LogP) is 2.26. The van der Waals surface area contributed by atoms with Crippen molar-refractivity contribution >= 4 is 11.9 Å². The summed E-state index contributed by atoms with van der Waals surface area (Å²) in [7, 11) is 0. The Labute approximate surface area is 158 Å². The molecular formula is C20H24N4O3. The average Bonchev–Trinajstić information content (AvgIpc) is 3.11. The van der Waals surface area contributed by atoms with E-state index in [9.17, 15) is 4.79 Å². The molecule has 1 fully saturated rings. The minimum Gasteiger partial charge on any atom is -0.491 e. The van der Waals surface area contributed by atoms with Crippen LogP contribution in [0.3, 0.4) is 0 Å². The summed E-state index contributed by atoms with van der Waals surface area (Å²) in [6.07, 6.45) is 1.96. The van der Waals surface area contributed by atoms with E-state index in [0.717, 1.165) is 36.0 Å². The maximum absolute atomic E-state index is 12.8. The molecule has 1 saturated heterocycles. The molecule has 0 unspecified atom stereocenters. The monoisotopic (exact) mass is 368 g/mol. The van der Waals surface area contributed by atoms with Crippen LogP contribution in [0, 0.1) is 0 Å². The van der Waals surface area contributed by atoms with Gasteiger partial charge in [0, 0.05) is 37.0 Å². The van der Waals surface area contributed by atoms with Gasteiger partial charge in [-0.05, 0) is 38.1 Å². The zero-order valence-electron chi connectivity index (χ0n) is 15.7. The molecule has 7 nitrogen and oxygen atoms in total. The van der Waals surface area contributed by atoms with E-state index in [2.05, 4.69) is 9.88 Å². The van der Waals surface area contributed by atoms with Crippen molar-refractivity contribution in [2.45, 2.75) is 33.0 Å². The van der Waals surface area contributed by atoms with Crippen molar-refractivity contribution in [2.24, 2.45) is 0 Å². The first-order chi connectivity index (χ1) is 13.1. The highest BCUT2D eigenvalue weighted by Gasteiger charge is 2.27. The zero-order valence-corrected chi connectivity index (χ0v) is 15.7. The molecule has 142 valence electrons. The van der Waals surface area contributed by atoms with Crippen LogP contribution < -0.4 is 9.64 Å². The highest BCUT2D eigenvalue weighted by Crippen LogP contribution is 2.25. The third kappa shape index (κ3) is 3.88. The lowest BCUT2D eigenvalue weighted by Gasteiger charge is -2.26. The molecule has 0 atom stereocenters. The van der Waals surface area contributed by atoms with Gasteiger partial charge in [-0.3, -0.25) is 4.79 Å². The molecule has 0 bridgehead atoms. The Morgan fingerprint density at radius 1 is 1.15 bits per heavy atom. The van der Waals surface area contributed by atoms with Crippen LogP contribution in [0.5, 0.6) is 5.75 Å². The molecular weight excluding hydrogens is 344 g/mol. The Hall–Kier alpha value is -2.67. The van der Waals surface area contributed by atoms with Gasteiger partial charge in [0.2, 0.25) is 5.95 Å². The summed E-state index contributed by atoms with van der Waals surface area (Å²) < 4.78 is 11.0. The number of anilines is 1. The number of benzene rings is 1. The molecule has 0 radical (unpaired) electrons. The molecule has 3 heterocycles. The Balaban J connectivity index is 1.45. The zero-order chi connectivity index (χ0) is 18.8. The number of fused-ring (bicyclic) bond motifs is 1. The lowest BCUT2D eigenvalue weighted by Crippen LogP contribution is -2.37. The van der Waals surface area contributed by atoms with Crippen LogP contribution in [0.2, 0.25) is 0 Å². The van der Waals surface area contributed by atoms with E-state index < -0.39 is 0 Å². The predicted molar refractivity (Wildman–Crippen MR) is 101 cm³/mol.